The van der Waals surface area contributed by atoms with Crippen molar-refractivity contribution in [2.45, 2.75) is 24.9 Å². The molecule has 2 aliphatic rings. The minimum Gasteiger partial charge on any atom is -0.469 e. The SMILES string of the molecule is c1cc(OC2COC2)nc(C2CC2)n1. The fraction of sp³-hybridized carbons (Fsp3) is 0.600. The molecule has 0 atom stereocenters. The zero-order valence-corrected chi connectivity index (χ0v) is 7.85. The highest BCUT2D eigenvalue weighted by molar-refractivity contribution is 5.14. The fourth-order valence-corrected chi connectivity index (χ4v) is 1.41. The zero-order valence-electron chi connectivity index (χ0n) is 7.85. The topological polar surface area (TPSA) is 44.2 Å². The standard InChI is InChI=1S/C10H12N2O2/c1-2-7(1)10-11-4-3-9(12-10)14-8-5-13-6-8/h3-4,7-8H,1-2,5-6H2. The molecule has 3 rings (SSSR count). The van der Waals surface area contributed by atoms with Crippen LogP contribution in [0.4, 0.5) is 0 Å². The van der Waals surface area contributed by atoms with E-state index in [-0.39, 0.29) is 6.10 Å². The van der Waals surface area contributed by atoms with Crippen LogP contribution in [-0.4, -0.2) is 29.3 Å². The van der Waals surface area contributed by atoms with E-state index in [1.54, 1.807) is 6.20 Å². The molecule has 0 aromatic carbocycles. The Morgan fingerprint density at radius 2 is 2.21 bits per heavy atom. The second kappa shape index (κ2) is 3.20. The third-order valence-electron chi connectivity index (χ3n) is 2.49. The molecule has 4 nitrogen and oxygen atoms in total. The molecule has 2 heterocycles. The van der Waals surface area contributed by atoms with E-state index in [1.165, 1.54) is 12.8 Å². The molecule has 4 heteroatoms. The summed E-state index contributed by atoms with van der Waals surface area (Å²) >= 11 is 0. The number of rotatable bonds is 3. The van der Waals surface area contributed by atoms with E-state index < -0.39 is 0 Å². The van der Waals surface area contributed by atoms with Gasteiger partial charge in [-0.15, -0.1) is 0 Å². The van der Waals surface area contributed by atoms with Gasteiger partial charge in [0.15, 0.2) is 0 Å². The molecule has 0 amide bonds. The normalized spacial score (nSPS) is 21.7. The Hall–Kier alpha value is -1.16. The zero-order chi connectivity index (χ0) is 9.38. The van der Waals surface area contributed by atoms with Gasteiger partial charge in [0.25, 0.3) is 0 Å². The maximum absolute atomic E-state index is 5.59. The fourth-order valence-electron chi connectivity index (χ4n) is 1.41. The molecule has 1 saturated heterocycles. The predicted molar refractivity (Wildman–Crippen MR) is 49.2 cm³/mol. The van der Waals surface area contributed by atoms with Crippen LogP contribution in [-0.2, 0) is 4.74 Å². The minimum atomic E-state index is 0.192. The van der Waals surface area contributed by atoms with Gasteiger partial charge in [-0.1, -0.05) is 0 Å². The average Bonchev–Trinajstić information content (AvgIpc) is 2.95. The van der Waals surface area contributed by atoms with Crippen molar-refractivity contribution in [3.63, 3.8) is 0 Å². The van der Waals surface area contributed by atoms with Crippen molar-refractivity contribution in [2.24, 2.45) is 0 Å². The summed E-state index contributed by atoms with van der Waals surface area (Å²) in [6.45, 7) is 1.37. The van der Waals surface area contributed by atoms with Crippen molar-refractivity contribution >= 4 is 0 Å². The predicted octanol–water partition coefficient (Wildman–Crippen LogP) is 1.13. The van der Waals surface area contributed by atoms with E-state index in [0.29, 0.717) is 25.0 Å². The molecule has 2 fully saturated rings. The molecule has 0 spiro atoms. The van der Waals surface area contributed by atoms with Crippen molar-refractivity contribution in [1.29, 1.82) is 0 Å². The minimum absolute atomic E-state index is 0.192. The summed E-state index contributed by atoms with van der Waals surface area (Å²) in [7, 11) is 0. The van der Waals surface area contributed by atoms with Gasteiger partial charge in [0.1, 0.15) is 11.9 Å². The summed E-state index contributed by atoms with van der Waals surface area (Å²) in [4.78, 5) is 8.60. The highest BCUT2D eigenvalue weighted by Crippen LogP contribution is 2.38. The van der Waals surface area contributed by atoms with E-state index in [9.17, 15) is 0 Å². The second-order valence-electron chi connectivity index (χ2n) is 3.80. The number of aromatic nitrogens is 2. The van der Waals surface area contributed by atoms with Gasteiger partial charge in [0.05, 0.1) is 13.2 Å². The van der Waals surface area contributed by atoms with Gasteiger partial charge in [-0.3, -0.25) is 0 Å². The van der Waals surface area contributed by atoms with E-state index in [2.05, 4.69) is 9.97 Å². The van der Waals surface area contributed by atoms with Crippen LogP contribution in [0.25, 0.3) is 0 Å². The summed E-state index contributed by atoms with van der Waals surface area (Å²) in [6.07, 6.45) is 4.40. The van der Waals surface area contributed by atoms with Gasteiger partial charge in [0.2, 0.25) is 5.88 Å². The molecule has 0 bridgehead atoms. The van der Waals surface area contributed by atoms with Gasteiger partial charge in [-0.05, 0) is 12.8 Å². The van der Waals surface area contributed by atoms with E-state index in [0.717, 1.165) is 5.82 Å². The van der Waals surface area contributed by atoms with Crippen molar-refractivity contribution in [3.05, 3.63) is 18.1 Å². The van der Waals surface area contributed by atoms with Crippen LogP contribution in [0.3, 0.4) is 0 Å². The molecule has 74 valence electrons. The lowest BCUT2D eigenvalue weighted by Gasteiger charge is -2.26. The quantitative estimate of drug-likeness (QED) is 0.720. The van der Waals surface area contributed by atoms with Crippen molar-refractivity contribution < 1.29 is 9.47 Å². The van der Waals surface area contributed by atoms with Gasteiger partial charge in [-0.25, -0.2) is 4.98 Å². The lowest BCUT2D eigenvalue weighted by atomic mass is 10.3. The Balaban J connectivity index is 1.72. The number of hydrogen-bond acceptors (Lipinski definition) is 4. The molecular formula is C10H12N2O2. The van der Waals surface area contributed by atoms with Crippen molar-refractivity contribution in [3.8, 4) is 5.88 Å². The summed E-state index contributed by atoms with van der Waals surface area (Å²) in [5.74, 6) is 2.20. The van der Waals surface area contributed by atoms with Gasteiger partial charge in [-0.2, -0.15) is 4.98 Å². The van der Waals surface area contributed by atoms with Crippen molar-refractivity contribution in [2.75, 3.05) is 13.2 Å². The van der Waals surface area contributed by atoms with Crippen LogP contribution >= 0.6 is 0 Å². The highest BCUT2D eigenvalue weighted by Gasteiger charge is 2.27. The summed E-state index contributed by atoms with van der Waals surface area (Å²) in [6, 6.07) is 1.81. The third kappa shape index (κ3) is 1.57. The lowest BCUT2D eigenvalue weighted by molar-refractivity contribution is -0.0814. The van der Waals surface area contributed by atoms with E-state index in [4.69, 9.17) is 9.47 Å². The maximum Gasteiger partial charge on any atom is 0.216 e. The maximum atomic E-state index is 5.59. The van der Waals surface area contributed by atoms with Crippen LogP contribution in [0.2, 0.25) is 0 Å². The number of hydrogen-bond donors (Lipinski definition) is 0. The molecule has 0 radical (unpaired) electrons. The Bertz CT molecular complexity index is 335. The molecule has 1 aromatic heterocycles. The van der Waals surface area contributed by atoms with Crippen molar-refractivity contribution in [1.82, 2.24) is 9.97 Å². The van der Waals surface area contributed by atoms with Gasteiger partial charge < -0.3 is 9.47 Å². The molecule has 1 saturated carbocycles. The monoisotopic (exact) mass is 192 g/mol. The van der Waals surface area contributed by atoms with Crippen LogP contribution in [0.1, 0.15) is 24.6 Å². The van der Waals surface area contributed by atoms with Crippen LogP contribution in [0.5, 0.6) is 5.88 Å². The first-order valence-electron chi connectivity index (χ1n) is 4.99. The highest BCUT2D eigenvalue weighted by atomic mass is 16.6. The Kier molecular flexibility index (Phi) is 1.87. The largest absolute Gasteiger partial charge is 0.469 e. The Morgan fingerprint density at radius 3 is 2.86 bits per heavy atom. The first kappa shape index (κ1) is 8.17. The molecule has 0 unspecified atom stereocenters. The van der Waals surface area contributed by atoms with E-state index in [1.807, 2.05) is 6.07 Å². The van der Waals surface area contributed by atoms with E-state index >= 15 is 0 Å². The third-order valence-corrected chi connectivity index (χ3v) is 2.49. The van der Waals surface area contributed by atoms with Gasteiger partial charge in [0, 0.05) is 18.2 Å². The van der Waals surface area contributed by atoms with Crippen LogP contribution in [0, 0.1) is 0 Å². The van der Waals surface area contributed by atoms with Crippen LogP contribution < -0.4 is 4.74 Å². The molecule has 0 N–H and O–H groups in total. The number of ether oxygens (including phenoxy) is 2. The summed E-state index contributed by atoms with van der Waals surface area (Å²) in [5.41, 5.74) is 0. The summed E-state index contributed by atoms with van der Waals surface area (Å²) in [5, 5.41) is 0. The first-order valence-corrected chi connectivity index (χ1v) is 4.99. The first-order chi connectivity index (χ1) is 6.92. The molecule has 14 heavy (non-hydrogen) atoms. The van der Waals surface area contributed by atoms with Gasteiger partial charge >= 0.3 is 0 Å². The molecule has 1 aliphatic heterocycles. The summed E-state index contributed by atoms with van der Waals surface area (Å²) < 4.78 is 10.6. The lowest BCUT2D eigenvalue weighted by Crippen LogP contribution is -2.38. The van der Waals surface area contributed by atoms with Crippen LogP contribution in [0.15, 0.2) is 12.3 Å². The Morgan fingerprint density at radius 1 is 1.36 bits per heavy atom. The smallest absolute Gasteiger partial charge is 0.216 e. The second-order valence-corrected chi connectivity index (χ2v) is 3.80. The number of nitrogens with zero attached hydrogens (tertiary/aromatic N) is 2. The molecule has 1 aromatic rings. The average molecular weight is 192 g/mol. The molecular weight excluding hydrogens is 180 g/mol. The molecule has 1 aliphatic carbocycles. The Labute approximate surface area is 82.3 Å².